The van der Waals surface area contributed by atoms with E-state index in [2.05, 4.69) is 4.98 Å². The van der Waals surface area contributed by atoms with E-state index in [1.807, 2.05) is 32.0 Å². The third-order valence-corrected chi connectivity index (χ3v) is 4.47. The van der Waals surface area contributed by atoms with Crippen LogP contribution in [-0.2, 0) is 14.3 Å². The van der Waals surface area contributed by atoms with Crippen molar-refractivity contribution >= 4 is 17.7 Å². The highest BCUT2D eigenvalue weighted by Crippen LogP contribution is 2.20. The molecule has 1 aromatic carbocycles. The van der Waals surface area contributed by atoms with Gasteiger partial charge in [0.15, 0.2) is 6.61 Å². The van der Waals surface area contributed by atoms with E-state index in [1.165, 1.54) is 0 Å². The second-order valence-corrected chi connectivity index (χ2v) is 6.80. The average Bonchev–Trinajstić information content (AvgIpc) is 2.97. The summed E-state index contributed by atoms with van der Waals surface area (Å²) in [7, 11) is 0. The SMILES string of the molecule is CCOC(=O)c1c(C)[nH]c(C(=O)COC(=O)CCOc2cc(C)ccc2C)c1C. The van der Waals surface area contributed by atoms with Gasteiger partial charge in [0.2, 0.25) is 5.78 Å². The van der Waals surface area contributed by atoms with Gasteiger partial charge in [0.05, 0.1) is 30.9 Å². The first-order valence-electron chi connectivity index (χ1n) is 9.49. The number of benzene rings is 1. The minimum atomic E-state index is -0.532. The van der Waals surface area contributed by atoms with Crippen LogP contribution in [0.5, 0.6) is 5.75 Å². The standard InChI is InChI=1S/C22H27NO6/c1-6-27-22(26)20-15(4)21(23-16(20)5)17(24)12-29-19(25)9-10-28-18-11-13(2)7-8-14(18)3/h7-8,11,23H,6,9-10,12H2,1-5H3. The van der Waals surface area contributed by atoms with Crippen molar-refractivity contribution in [2.45, 2.75) is 41.0 Å². The Labute approximate surface area is 170 Å². The summed E-state index contributed by atoms with van der Waals surface area (Å²) in [6.07, 6.45) is 0.0253. The first-order chi connectivity index (χ1) is 13.7. The smallest absolute Gasteiger partial charge is 0.340 e. The summed E-state index contributed by atoms with van der Waals surface area (Å²) < 4.78 is 15.7. The lowest BCUT2D eigenvalue weighted by molar-refractivity contribution is -0.143. The maximum atomic E-state index is 12.4. The molecule has 0 saturated carbocycles. The topological polar surface area (TPSA) is 94.7 Å². The average molecular weight is 401 g/mol. The molecule has 0 atom stereocenters. The molecule has 2 rings (SSSR count). The van der Waals surface area contributed by atoms with Crippen LogP contribution in [0.25, 0.3) is 0 Å². The predicted molar refractivity (Wildman–Crippen MR) is 108 cm³/mol. The Bertz CT molecular complexity index is 912. The second kappa shape index (κ2) is 9.91. The number of ketones is 1. The molecular weight excluding hydrogens is 374 g/mol. The number of Topliss-reactive ketones (excluding diaryl/α,β-unsaturated/α-hetero) is 1. The Morgan fingerprint density at radius 1 is 1.03 bits per heavy atom. The molecule has 1 heterocycles. The van der Waals surface area contributed by atoms with E-state index in [4.69, 9.17) is 14.2 Å². The van der Waals surface area contributed by atoms with Gasteiger partial charge in [-0.2, -0.15) is 0 Å². The van der Waals surface area contributed by atoms with Crippen LogP contribution in [0.1, 0.15) is 56.6 Å². The third-order valence-electron chi connectivity index (χ3n) is 4.47. The Kier molecular flexibility index (Phi) is 7.59. The molecule has 7 heteroatoms. The fourth-order valence-electron chi connectivity index (χ4n) is 2.94. The minimum Gasteiger partial charge on any atom is -0.493 e. The number of carbonyl (C=O) groups is 3. The lowest BCUT2D eigenvalue weighted by atomic mass is 10.1. The van der Waals surface area contributed by atoms with Crippen LogP contribution < -0.4 is 4.74 Å². The Balaban J connectivity index is 1.87. The van der Waals surface area contributed by atoms with Gasteiger partial charge in [0, 0.05) is 5.69 Å². The highest BCUT2D eigenvalue weighted by molar-refractivity contribution is 6.02. The van der Waals surface area contributed by atoms with Crippen molar-refractivity contribution in [1.82, 2.24) is 4.98 Å². The monoisotopic (exact) mass is 401 g/mol. The van der Waals surface area contributed by atoms with Crippen molar-refractivity contribution < 1.29 is 28.6 Å². The third kappa shape index (κ3) is 5.70. The zero-order valence-electron chi connectivity index (χ0n) is 17.5. The molecule has 156 valence electrons. The number of carbonyl (C=O) groups excluding carboxylic acids is 3. The van der Waals surface area contributed by atoms with Crippen molar-refractivity contribution in [3.63, 3.8) is 0 Å². The van der Waals surface area contributed by atoms with E-state index in [0.29, 0.717) is 16.8 Å². The quantitative estimate of drug-likeness (QED) is 0.509. The molecule has 0 aliphatic carbocycles. The van der Waals surface area contributed by atoms with Crippen LogP contribution in [0.15, 0.2) is 18.2 Å². The van der Waals surface area contributed by atoms with Gasteiger partial charge >= 0.3 is 11.9 Å². The van der Waals surface area contributed by atoms with E-state index in [9.17, 15) is 14.4 Å². The van der Waals surface area contributed by atoms with Crippen molar-refractivity contribution in [3.05, 3.63) is 51.8 Å². The van der Waals surface area contributed by atoms with Gasteiger partial charge in [0.25, 0.3) is 0 Å². The molecule has 0 fully saturated rings. The van der Waals surface area contributed by atoms with Gasteiger partial charge in [-0.3, -0.25) is 9.59 Å². The molecule has 0 bridgehead atoms. The van der Waals surface area contributed by atoms with Crippen LogP contribution >= 0.6 is 0 Å². The first-order valence-corrected chi connectivity index (χ1v) is 9.49. The van der Waals surface area contributed by atoms with Crippen molar-refractivity contribution in [3.8, 4) is 5.75 Å². The maximum absolute atomic E-state index is 12.4. The number of nitrogens with one attached hydrogen (secondary N) is 1. The van der Waals surface area contributed by atoms with Crippen LogP contribution in [0.4, 0.5) is 0 Å². The molecule has 0 radical (unpaired) electrons. The molecular formula is C22H27NO6. The van der Waals surface area contributed by atoms with E-state index < -0.39 is 24.3 Å². The van der Waals surface area contributed by atoms with E-state index in [-0.39, 0.29) is 25.3 Å². The predicted octanol–water partition coefficient (Wildman–Crippen LogP) is 3.62. The molecule has 1 aromatic heterocycles. The fraction of sp³-hybridized carbons (Fsp3) is 0.409. The zero-order chi connectivity index (χ0) is 21.6. The number of rotatable bonds is 9. The van der Waals surface area contributed by atoms with Crippen molar-refractivity contribution in [1.29, 1.82) is 0 Å². The maximum Gasteiger partial charge on any atom is 0.340 e. The van der Waals surface area contributed by atoms with Crippen molar-refractivity contribution in [2.75, 3.05) is 19.8 Å². The van der Waals surface area contributed by atoms with E-state index in [0.717, 1.165) is 16.9 Å². The van der Waals surface area contributed by atoms with Crippen LogP contribution in [-0.4, -0.2) is 42.5 Å². The molecule has 29 heavy (non-hydrogen) atoms. The van der Waals surface area contributed by atoms with Gasteiger partial charge in [-0.25, -0.2) is 4.79 Å². The largest absolute Gasteiger partial charge is 0.493 e. The Morgan fingerprint density at radius 2 is 1.76 bits per heavy atom. The highest BCUT2D eigenvalue weighted by atomic mass is 16.5. The number of H-pyrrole nitrogens is 1. The molecule has 1 N–H and O–H groups in total. The minimum absolute atomic E-state index is 0.0253. The molecule has 0 saturated heterocycles. The lowest BCUT2D eigenvalue weighted by Crippen LogP contribution is -2.17. The highest BCUT2D eigenvalue weighted by Gasteiger charge is 2.23. The van der Waals surface area contributed by atoms with Gasteiger partial charge < -0.3 is 19.2 Å². The van der Waals surface area contributed by atoms with Gasteiger partial charge in [-0.1, -0.05) is 12.1 Å². The van der Waals surface area contributed by atoms with Crippen LogP contribution in [0.2, 0.25) is 0 Å². The summed E-state index contributed by atoms with van der Waals surface area (Å²) in [5.74, 6) is -0.712. The van der Waals surface area contributed by atoms with Gasteiger partial charge in [-0.05, 0) is 57.4 Å². The van der Waals surface area contributed by atoms with Crippen molar-refractivity contribution in [2.24, 2.45) is 0 Å². The number of aromatic nitrogens is 1. The summed E-state index contributed by atoms with van der Waals surface area (Å²) in [5.41, 5.74) is 3.65. The summed E-state index contributed by atoms with van der Waals surface area (Å²) >= 11 is 0. The summed E-state index contributed by atoms with van der Waals surface area (Å²) in [5, 5.41) is 0. The molecule has 7 nitrogen and oxygen atoms in total. The summed E-state index contributed by atoms with van der Waals surface area (Å²) in [6.45, 7) is 8.94. The van der Waals surface area contributed by atoms with E-state index >= 15 is 0 Å². The Morgan fingerprint density at radius 3 is 2.45 bits per heavy atom. The number of aromatic amines is 1. The molecule has 0 aliphatic heterocycles. The molecule has 2 aromatic rings. The molecule has 0 aliphatic rings. The second-order valence-electron chi connectivity index (χ2n) is 6.80. The normalized spacial score (nSPS) is 10.5. The number of ether oxygens (including phenoxy) is 3. The number of esters is 2. The van der Waals surface area contributed by atoms with Crippen LogP contribution in [0.3, 0.4) is 0 Å². The summed E-state index contributed by atoms with van der Waals surface area (Å²) in [6, 6.07) is 5.84. The molecule has 0 spiro atoms. The van der Waals surface area contributed by atoms with Gasteiger partial charge in [-0.15, -0.1) is 0 Å². The number of hydrogen-bond acceptors (Lipinski definition) is 6. The number of hydrogen-bond donors (Lipinski definition) is 1. The summed E-state index contributed by atoms with van der Waals surface area (Å²) in [4.78, 5) is 39.2. The molecule has 0 unspecified atom stereocenters. The van der Waals surface area contributed by atoms with E-state index in [1.54, 1.807) is 20.8 Å². The van der Waals surface area contributed by atoms with Gasteiger partial charge in [0.1, 0.15) is 5.75 Å². The fourth-order valence-corrected chi connectivity index (χ4v) is 2.94. The van der Waals surface area contributed by atoms with Crippen LogP contribution in [0, 0.1) is 27.7 Å². The number of aryl methyl sites for hydroxylation is 3. The first kappa shape index (κ1) is 22.2. The lowest BCUT2D eigenvalue weighted by Gasteiger charge is -2.10. The molecule has 0 amide bonds. The Hall–Kier alpha value is -3.09. The zero-order valence-corrected chi connectivity index (χ0v) is 17.5.